The van der Waals surface area contributed by atoms with Crippen LogP contribution in [-0.4, -0.2) is 45.5 Å². The van der Waals surface area contributed by atoms with Gasteiger partial charge in [-0.25, -0.2) is 9.48 Å². The van der Waals surface area contributed by atoms with Gasteiger partial charge in [-0.3, -0.25) is 4.79 Å². The summed E-state index contributed by atoms with van der Waals surface area (Å²) >= 11 is 0. The molecule has 238 valence electrons. The van der Waals surface area contributed by atoms with Crippen LogP contribution in [0, 0.1) is 6.92 Å². The Bertz CT molecular complexity index is 1000. The SMILES string of the molecule is CC/C=C\C/C=C\C/C=C\C/C=C\C/C=C\C/C=C\CCC(=O)NCCNP(OCC(CF)OC)Oc1ccc(C)cc1. The van der Waals surface area contributed by atoms with Crippen LogP contribution in [0.3, 0.4) is 0 Å². The average molecular weight is 615 g/mol. The summed E-state index contributed by atoms with van der Waals surface area (Å²) in [6.45, 7) is 4.45. The zero-order chi connectivity index (χ0) is 31.2. The fourth-order valence-electron chi connectivity index (χ4n) is 3.42. The van der Waals surface area contributed by atoms with Crippen LogP contribution in [0.2, 0.25) is 0 Å². The lowest BCUT2D eigenvalue weighted by atomic mass is 10.2. The van der Waals surface area contributed by atoms with Crippen molar-refractivity contribution in [3.8, 4) is 5.75 Å². The van der Waals surface area contributed by atoms with Crippen molar-refractivity contribution in [1.29, 1.82) is 0 Å². The Kier molecular flexibility index (Phi) is 24.8. The van der Waals surface area contributed by atoms with Crippen molar-refractivity contribution in [2.24, 2.45) is 0 Å². The summed E-state index contributed by atoms with van der Waals surface area (Å²) in [6, 6.07) is 7.60. The molecule has 0 spiro atoms. The highest BCUT2D eigenvalue weighted by Gasteiger charge is 2.16. The summed E-state index contributed by atoms with van der Waals surface area (Å²) in [6.07, 6.45) is 32.3. The minimum absolute atomic E-state index is 0.0112. The lowest BCUT2D eigenvalue weighted by molar-refractivity contribution is -0.120. The first-order valence-corrected chi connectivity index (χ1v) is 16.4. The zero-order valence-corrected chi connectivity index (χ0v) is 27.2. The van der Waals surface area contributed by atoms with Crippen molar-refractivity contribution < 1.29 is 23.0 Å². The van der Waals surface area contributed by atoms with Crippen molar-refractivity contribution >= 4 is 14.4 Å². The second kappa shape index (κ2) is 28.0. The highest BCUT2D eigenvalue weighted by Crippen LogP contribution is 2.35. The maximum atomic E-state index is 13.0. The summed E-state index contributed by atoms with van der Waals surface area (Å²) in [5, 5.41) is 6.07. The van der Waals surface area contributed by atoms with Gasteiger partial charge in [-0.05, 0) is 64.0 Å². The van der Waals surface area contributed by atoms with Crippen LogP contribution < -0.4 is 14.9 Å². The number of benzene rings is 1. The number of aryl methyl sites for hydroxylation is 1. The Morgan fingerprint density at radius 3 is 1.88 bits per heavy atom. The van der Waals surface area contributed by atoms with Crippen LogP contribution in [0.15, 0.2) is 97.2 Å². The first-order chi connectivity index (χ1) is 21.1. The van der Waals surface area contributed by atoms with E-state index in [4.69, 9.17) is 13.8 Å². The maximum Gasteiger partial charge on any atom is 0.318 e. The molecule has 43 heavy (non-hydrogen) atoms. The summed E-state index contributed by atoms with van der Waals surface area (Å²) in [4.78, 5) is 12.2. The van der Waals surface area contributed by atoms with E-state index in [1.807, 2.05) is 37.3 Å². The van der Waals surface area contributed by atoms with Crippen molar-refractivity contribution in [1.82, 2.24) is 10.4 Å². The molecule has 2 unspecified atom stereocenters. The number of nitrogens with one attached hydrogen (secondary N) is 2. The predicted molar refractivity (Wildman–Crippen MR) is 180 cm³/mol. The molecule has 0 radical (unpaired) electrons. The Hall–Kier alpha value is -2.83. The van der Waals surface area contributed by atoms with Gasteiger partial charge in [-0.15, -0.1) is 0 Å². The normalized spacial score (nSPS) is 13.9. The molecule has 1 aromatic carbocycles. The molecule has 1 amide bonds. The molecule has 0 aliphatic carbocycles. The zero-order valence-electron chi connectivity index (χ0n) is 26.3. The molecule has 0 aromatic heterocycles. The predicted octanol–water partition coefficient (Wildman–Crippen LogP) is 8.79. The van der Waals surface area contributed by atoms with Gasteiger partial charge < -0.3 is 19.1 Å². The van der Waals surface area contributed by atoms with Crippen molar-refractivity contribution in [3.05, 3.63) is 103 Å². The number of allylic oxidation sites excluding steroid dienone is 12. The number of alkyl halides is 1. The lowest BCUT2D eigenvalue weighted by Crippen LogP contribution is -2.31. The second-order valence-corrected chi connectivity index (χ2v) is 11.0. The average Bonchev–Trinajstić information content (AvgIpc) is 3.01. The van der Waals surface area contributed by atoms with Gasteiger partial charge in [0.05, 0.1) is 6.61 Å². The molecule has 0 fully saturated rings. The van der Waals surface area contributed by atoms with E-state index in [2.05, 4.69) is 84.2 Å². The molecule has 0 saturated heterocycles. The summed E-state index contributed by atoms with van der Waals surface area (Å²) in [7, 11) is -0.0854. The number of amides is 1. The van der Waals surface area contributed by atoms with E-state index in [1.165, 1.54) is 7.11 Å². The van der Waals surface area contributed by atoms with Crippen molar-refractivity contribution in [3.63, 3.8) is 0 Å². The molecule has 1 rings (SSSR count). The number of ether oxygens (including phenoxy) is 1. The van der Waals surface area contributed by atoms with E-state index in [0.717, 1.165) is 44.1 Å². The molecule has 0 saturated carbocycles. The van der Waals surface area contributed by atoms with Gasteiger partial charge in [0.1, 0.15) is 18.5 Å². The molecule has 6 nitrogen and oxygen atoms in total. The maximum absolute atomic E-state index is 13.0. The smallest absolute Gasteiger partial charge is 0.318 e. The third-order valence-corrected chi connectivity index (χ3v) is 7.16. The highest BCUT2D eigenvalue weighted by atomic mass is 31.2. The van der Waals surface area contributed by atoms with Gasteiger partial charge in [0.2, 0.25) is 5.91 Å². The summed E-state index contributed by atoms with van der Waals surface area (Å²) in [5.41, 5.74) is 1.12. The molecule has 0 aliphatic heterocycles. The highest BCUT2D eigenvalue weighted by molar-refractivity contribution is 7.45. The summed E-state index contributed by atoms with van der Waals surface area (Å²) in [5.74, 6) is 0.640. The van der Waals surface area contributed by atoms with E-state index in [9.17, 15) is 9.18 Å². The third kappa shape index (κ3) is 23.3. The standard InChI is InChI=1S/C35H52FN2O4P/c1-4-5-6-7-8-9-10-11-12-13-14-15-16-17-18-19-20-21-22-23-35(39)37-28-29-38-43(41-31-34(30-36)40-3)42-33-26-24-32(2)25-27-33/h5-6,8-9,11-12,14-15,17-18,20-21,24-27,34,38H,4,7,10,13,16,19,22-23,28-31H2,1-3H3,(H,37,39)/b6-5-,9-8-,12-11-,15-14-,18-17-,21-20-. The van der Waals surface area contributed by atoms with E-state index >= 15 is 0 Å². The minimum atomic E-state index is -1.53. The molecular formula is C35H52FN2O4P. The summed E-state index contributed by atoms with van der Waals surface area (Å²) < 4.78 is 29.6. The largest absolute Gasteiger partial charge is 0.436 e. The molecule has 2 atom stereocenters. The van der Waals surface area contributed by atoms with E-state index in [-0.39, 0.29) is 12.5 Å². The molecule has 1 aromatic rings. The fraction of sp³-hybridized carbons (Fsp3) is 0.457. The number of carbonyl (C=O) groups is 1. The molecule has 0 heterocycles. The Morgan fingerprint density at radius 1 is 0.837 bits per heavy atom. The number of carbonyl (C=O) groups excluding carboxylic acids is 1. The van der Waals surface area contributed by atoms with Gasteiger partial charge in [0, 0.05) is 26.6 Å². The topological polar surface area (TPSA) is 68.8 Å². The van der Waals surface area contributed by atoms with Crippen molar-refractivity contribution in [2.45, 2.75) is 71.3 Å². The molecule has 8 heteroatoms. The van der Waals surface area contributed by atoms with Crippen LogP contribution in [0.4, 0.5) is 4.39 Å². The van der Waals surface area contributed by atoms with Gasteiger partial charge in [-0.1, -0.05) is 97.5 Å². The minimum Gasteiger partial charge on any atom is -0.436 e. The number of hydrogen-bond donors (Lipinski definition) is 2. The monoisotopic (exact) mass is 614 g/mol. The van der Waals surface area contributed by atoms with Crippen LogP contribution in [0.1, 0.15) is 63.9 Å². The Balaban J connectivity index is 2.15. The first kappa shape index (κ1) is 38.2. The molecule has 2 N–H and O–H groups in total. The van der Waals surface area contributed by atoms with E-state index in [1.54, 1.807) is 0 Å². The number of rotatable bonds is 25. The van der Waals surface area contributed by atoms with Gasteiger partial charge in [0.25, 0.3) is 0 Å². The lowest BCUT2D eigenvalue weighted by Gasteiger charge is -2.21. The van der Waals surface area contributed by atoms with Crippen LogP contribution >= 0.6 is 8.53 Å². The van der Waals surface area contributed by atoms with Crippen LogP contribution in [-0.2, 0) is 14.1 Å². The van der Waals surface area contributed by atoms with Gasteiger partial charge in [0.15, 0.2) is 0 Å². The van der Waals surface area contributed by atoms with Gasteiger partial charge in [-0.2, -0.15) is 0 Å². The quantitative estimate of drug-likeness (QED) is 0.0655. The molecular weight excluding hydrogens is 562 g/mol. The molecule has 0 aliphatic rings. The van der Waals surface area contributed by atoms with Gasteiger partial charge >= 0.3 is 8.53 Å². The van der Waals surface area contributed by atoms with Crippen LogP contribution in [0.25, 0.3) is 0 Å². The number of methoxy groups -OCH3 is 1. The van der Waals surface area contributed by atoms with Crippen LogP contribution in [0.5, 0.6) is 5.75 Å². The Labute approximate surface area is 260 Å². The molecule has 0 bridgehead atoms. The van der Waals surface area contributed by atoms with Crippen molar-refractivity contribution in [2.75, 3.05) is 33.5 Å². The van der Waals surface area contributed by atoms with E-state index < -0.39 is 21.3 Å². The third-order valence-electron chi connectivity index (χ3n) is 5.92. The first-order valence-electron chi connectivity index (χ1n) is 15.3. The van der Waals surface area contributed by atoms with E-state index in [0.29, 0.717) is 31.7 Å². The number of halogens is 1. The Morgan fingerprint density at radius 2 is 1.37 bits per heavy atom. The number of hydrogen-bond acceptors (Lipinski definition) is 5. The second-order valence-electron chi connectivity index (χ2n) is 9.68. The fourth-order valence-corrected chi connectivity index (χ4v) is 4.53.